The van der Waals surface area contributed by atoms with Crippen molar-refractivity contribution in [2.24, 2.45) is 0 Å². The zero-order valence-electron chi connectivity index (χ0n) is 11.4. The van der Waals surface area contributed by atoms with E-state index in [1.165, 1.54) is 56.1 Å². The molecule has 0 radical (unpaired) electrons. The molecule has 0 saturated heterocycles. The maximum atomic E-state index is 2.38. The Labute approximate surface area is 107 Å². The summed E-state index contributed by atoms with van der Waals surface area (Å²) in [4.78, 5) is 0. The van der Waals surface area contributed by atoms with Crippen LogP contribution in [0.3, 0.4) is 0 Å². The van der Waals surface area contributed by atoms with Crippen molar-refractivity contribution in [3.8, 4) is 0 Å². The number of hydrogen-bond donors (Lipinski definition) is 0. The zero-order chi connectivity index (χ0) is 12.3. The maximum Gasteiger partial charge on any atom is -0.0231 e. The molecule has 0 aliphatic heterocycles. The molecule has 1 aromatic carbocycles. The summed E-state index contributed by atoms with van der Waals surface area (Å²) in [5.74, 6) is 0. The van der Waals surface area contributed by atoms with Crippen LogP contribution in [0.4, 0.5) is 0 Å². The van der Waals surface area contributed by atoms with Gasteiger partial charge in [-0.2, -0.15) is 0 Å². The van der Waals surface area contributed by atoms with Crippen LogP contribution in [0, 0.1) is 0 Å². The van der Waals surface area contributed by atoms with E-state index < -0.39 is 0 Å². The van der Waals surface area contributed by atoms with Gasteiger partial charge in [-0.05, 0) is 30.9 Å². The summed E-state index contributed by atoms with van der Waals surface area (Å²) >= 11 is 0. The zero-order valence-corrected chi connectivity index (χ0v) is 11.4. The summed E-state index contributed by atoms with van der Waals surface area (Å²) in [6.45, 7) is 4.48. The van der Waals surface area contributed by atoms with E-state index >= 15 is 0 Å². The average molecular weight is 230 g/mol. The van der Waals surface area contributed by atoms with Crippen LogP contribution in [0.2, 0.25) is 0 Å². The lowest BCUT2D eigenvalue weighted by atomic mass is 10.0. The molecule has 0 unspecified atom stereocenters. The second kappa shape index (κ2) is 9.04. The van der Waals surface area contributed by atoms with E-state index in [-0.39, 0.29) is 0 Å². The summed E-state index contributed by atoms with van der Waals surface area (Å²) in [6.07, 6.45) is 11.9. The molecule has 0 nitrogen and oxygen atoms in total. The van der Waals surface area contributed by atoms with Crippen molar-refractivity contribution in [1.82, 2.24) is 0 Å². The number of allylic oxidation sites excluding steroid dienone is 2. The van der Waals surface area contributed by atoms with Gasteiger partial charge in [-0.15, -0.1) is 0 Å². The van der Waals surface area contributed by atoms with Gasteiger partial charge in [0.1, 0.15) is 0 Å². The Morgan fingerprint density at radius 2 is 1.59 bits per heavy atom. The molecule has 1 aromatic rings. The van der Waals surface area contributed by atoms with Gasteiger partial charge < -0.3 is 0 Å². The lowest BCUT2D eigenvalue weighted by Gasteiger charge is -2.02. The van der Waals surface area contributed by atoms with Crippen molar-refractivity contribution < 1.29 is 0 Å². The molecule has 0 N–H and O–H groups in total. The molecule has 0 saturated carbocycles. The lowest BCUT2D eigenvalue weighted by molar-refractivity contribution is 0.611. The molecular weight excluding hydrogens is 204 g/mol. The molecule has 0 aromatic heterocycles. The van der Waals surface area contributed by atoms with E-state index in [4.69, 9.17) is 0 Å². The Morgan fingerprint density at radius 1 is 0.941 bits per heavy atom. The molecule has 0 aliphatic rings. The van der Waals surface area contributed by atoms with Crippen molar-refractivity contribution in [3.63, 3.8) is 0 Å². The van der Waals surface area contributed by atoms with E-state index in [0.29, 0.717) is 0 Å². The van der Waals surface area contributed by atoms with Crippen molar-refractivity contribution in [1.29, 1.82) is 0 Å². The maximum absolute atomic E-state index is 2.38. The van der Waals surface area contributed by atoms with Gasteiger partial charge in [0.2, 0.25) is 0 Å². The van der Waals surface area contributed by atoms with Crippen molar-refractivity contribution in [3.05, 3.63) is 42.0 Å². The van der Waals surface area contributed by atoms with Crippen molar-refractivity contribution >= 4 is 5.57 Å². The first-order valence-corrected chi connectivity index (χ1v) is 7.06. The molecule has 0 atom stereocenters. The normalized spacial score (nSPS) is 11.8. The molecule has 1 rings (SSSR count). The monoisotopic (exact) mass is 230 g/mol. The summed E-state index contributed by atoms with van der Waals surface area (Å²) < 4.78 is 0. The summed E-state index contributed by atoms with van der Waals surface area (Å²) in [5.41, 5.74) is 2.78. The first-order valence-electron chi connectivity index (χ1n) is 7.06. The number of benzene rings is 1. The Balaban J connectivity index is 2.16. The topological polar surface area (TPSA) is 0 Å². The number of rotatable bonds is 8. The Bertz CT molecular complexity index is 308. The first-order chi connectivity index (χ1) is 8.34. The third-order valence-electron chi connectivity index (χ3n) is 3.24. The fourth-order valence-corrected chi connectivity index (χ4v) is 2.06. The second-order valence-electron chi connectivity index (χ2n) is 4.81. The molecule has 0 heteroatoms. The van der Waals surface area contributed by atoms with Gasteiger partial charge >= 0.3 is 0 Å². The highest BCUT2D eigenvalue weighted by atomic mass is 14.0. The molecule has 0 spiro atoms. The largest absolute Gasteiger partial charge is 0.0810 e. The standard InChI is InChI=1S/C17H26/c1-3-4-5-6-7-8-10-13-16(2)17-14-11-9-12-15-17/h9,11-15H,3-8,10H2,1-2H3/b16-13+. The van der Waals surface area contributed by atoms with Gasteiger partial charge in [-0.1, -0.05) is 75.4 Å². The summed E-state index contributed by atoms with van der Waals surface area (Å²) in [6, 6.07) is 10.7. The van der Waals surface area contributed by atoms with E-state index in [2.05, 4.69) is 50.3 Å². The van der Waals surface area contributed by atoms with Crippen LogP contribution in [-0.2, 0) is 0 Å². The van der Waals surface area contributed by atoms with E-state index in [1.807, 2.05) is 0 Å². The molecule has 0 heterocycles. The van der Waals surface area contributed by atoms with E-state index in [0.717, 1.165) is 0 Å². The Hall–Kier alpha value is -1.04. The van der Waals surface area contributed by atoms with Crippen LogP contribution >= 0.6 is 0 Å². The minimum atomic E-state index is 1.23. The van der Waals surface area contributed by atoms with Gasteiger partial charge in [-0.25, -0.2) is 0 Å². The minimum Gasteiger partial charge on any atom is -0.0810 e. The predicted octanol–water partition coefficient (Wildman–Crippen LogP) is 5.84. The summed E-state index contributed by atoms with van der Waals surface area (Å²) in [5, 5.41) is 0. The minimum absolute atomic E-state index is 1.23. The number of unbranched alkanes of at least 4 members (excludes halogenated alkanes) is 6. The second-order valence-corrected chi connectivity index (χ2v) is 4.81. The SMILES string of the molecule is CCCCCCCC/C=C(\C)c1ccccc1. The highest BCUT2D eigenvalue weighted by Gasteiger charge is 1.93. The van der Waals surface area contributed by atoms with Crippen LogP contribution in [0.1, 0.15) is 64.4 Å². The van der Waals surface area contributed by atoms with Crippen LogP contribution in [-0.4, -0.2) is 0 Å². The van der Waals surface area contributed by atoms with Crippen LogP contribution in [0.25, 0.3) is 5.57 Å². The third kappa shape index (κ3) is 6.31. The first kappa shape index (κ1) is 14.0. The highest BCUT2D eigenvalue weighted by molar-refractivity contribution is 5.63. The lowest BCUT2D eigenvalue weighted by Crippen LogP contribution is -1.80. The number of hydrogen-bond acceptors (Lipinski definition) is 0. The van der Waals surface area contributed by atoms with Gasteiger partial charge in [-0.3, -0.25) is 0 Å². The molecule has 0 amide bonds. The van der Waals surface area contributed by atoms with Crippen LogP contribution < -0.4 is 0 Å². The Kier molecular flexibility index (Phi) is 7.46. The fraction of sp³-hybridized carbons (Fsp3) is 0.529. The van der Waals surface area contributed by atoms with E-state index in [9.17, 15) is 0 Å². The molecule has 94 valence electrons. The van der Waals surface area contributed by atoms with Crippen LogP contribution in [0.15, 0.2) is 36.4 Å². The van der Waals surface area contributed by atoms with E-state index in [1.54, 1.807) is 0 Å². The van der Waals surface area contributed by atoms with Gasteiger partial charge in [0, 0.05) is 0 Å². The van der Waals surface area contributed by atoms with Crippen LogP contribution in [0.5, 0.6) is 0 Å². The van der Waals surface area contributed by atoms with Crippen molar-refractivity contribution in [2.45, 2.75) is 58.8 Å². The molecule has 0 aliphatic carbocycles. The molecule has 0 fully saturated rings. The predicted molar refractivity (Wildman–Crippen MR) is 78.1 cm³/mol. The molecule has 17 heavy (non-hydrogen) atoms. The Morgan fingerprint density at radius 3 is 2.29 bits per heavy atom. The highest BCUT2D eigenvalue weighted by Crippen LogP contribution is 2.15. The average Bonchev–Trinajstić information content (AvgIpc) is 2.38. The quantitative estimate of drug-likeness (QED) is 0.492. The van der Waals surface area contributed by atoms with Crippen molar-refractivity contribution in [2.75, 3.05) is 0 Å². The third-order valence-corrected chi connectivity index (χ3v) is 3.24. The molecule has 0 bridgehead atoms. The smallest absolute Gasteiger partial charge is 0.0231 e. The molecular formula is C17H26. The van der Waals surface area contributed by atoms with Gasteiger partial charge in [0.15, 0.2) is 0 Å². The summed E-state index contributed by atoms with van der Waals surface area (Å²) in [7, 11) is 0. The fourth-order valence-electron chi connectivity index (χ4n) is 2.06. The van der Waals surface area contributed by atoms with Gasteiger partial charge in [0.25, 0.3) is 0 Å². The van der Waals surface area contributed by atoms with Gasteiger partial charge in [0.05, 0.1) is 0 Å².